The van der Waals surface area contributed by atoms with Crippen molar-refractivity contribution in [3.05, 3.63) is 22.4 Å². The molecule has 1 fully saturated rings. The number of sulfonamides is 1. The van der Waals surface area contributed by atoms with E-state index in [0.717, 1.165) is 30.4 Å². The third-order valence-corrected chi connectivity index (χ3v) is 6.38. The maximum Gasteiger partial charge on any atom is 0.242 e. The second kappa shape index (κ2) is 6.64. The van der Waals surface area contributed by atoms with Crippen LogP contribution in [-0.4, -0.2) is 26.5 Å². The van der Waals surface area contributed by atoms with Gasteiger partial charge in [0.15, 0.2) is 0 Å². The number of benzene rings is 1. The molecule has 1 aromatic rings. The maximum absolute atomic E-state index is 13.3. The Kier molecular flexibility index (Phi) is 5.33. The van der Waals surface area contributed by atoms with Gasteiger partial charge < -0.3 is 5.73 Å². The third-order valence-electron chi connectivity index (χ3n) is 3.25. The SMILES string of the molecule is Nc1cc(F)c(Br)cc1S(=O)(=O)NCC1CCSCC1. The summed E-state index contributed by atoms with van der Waals surface area (Å²) in [6, 6.07) is 2.21. The number of hydrogen-bond acceptors (Lipinski definition) is 4. The average molecular weight is 383 g/mol. The van der Waals surface area contributed by atoms with Gasteiger partial charge >= 0.3 is 0 Å². The summed E-state index contributed by atoms with van der Waals surface area (Å²) in [6.45, 7) is 0.400. The summed E-state index contributed by atoms with van der Waals surface area (Å²) in [5, 5.41) is 0. The van der Waals surface area contributed by atoms with Crippen LogP contribution >= 0.6 is 27.7 Å². The van der Waals surface area contributed by atoms with Crippen molar-refractivity contribution in [2.24, 2.45) is 5.92 Å². The lowest BCUT2D eigenvalue weighted by atomic mass is 10.0. The van der Waals surface area contributed by atoms with Crippen molar-refractivity contribution in [3.63, 3.8) is 0 Å². The Hall–Kier alpha value is -0.310. The van der Waals surface area contributed by atoms with Crippen LogP contribution in [0.3, 0.4) is 0 Å². The standard InChI is InChI=1S/C12H16BrFN2O2S2/c13-9-5-12(11(15)6-10(9)14)20(17,18)16-7-8-1-3-19-4-2-8/h5-6,8,16H,1-4,7,15H2. The molecule has 3 N–H and O–H groups in total. The molecule has 0 spiro atoms. The van der Waals surface area contributed by atoms with Crippen molar-refractivity contribution < 1.29 is 12.8 Å². The number of halogens is 2. The van der Waals surface area contributed by atoms with Gasteiger partial charge in [-0.15, -0.1) is 0 Å². The molecule has 0 aliphatic carbocycles. The van der Waals surface area contributed by atoms with Gasteiger partial charge in [0, 0.05) is 6.54 Å². The van der Waals surface area contributed by atoms with Crippen molar-refractivity contribution in [2.45, 2.75) is 17.7 Å². The molecule has 1 saturated heterocycles. The molecule has 112 valence electrons. The van der Waals surface area contributed by atoms with Crippen molar-refractivity contribution in [2.75, 3.05) is 23.8 Å². The first-order valence-electron chi connectivity index (χ1n) is 6.22. The first kappa shape index (κ1) is 16.1. The predicted molar refractivity (Wildman–Crippen MR) is 83.7 cm³/mol. The summed E-state index contributed by atoms with van der Waals surface area (Å²) < 4.78 is 40.4. The molecule has 1 aliphatic rings. The minimum absolute atomic E-state index is 0.0844. The van der Waals surface area contributed by atoms with Crippen molar-refractivity contribution in [1.82, 2.24) is 4.72 Å². The Balaban J connectivity index is 2.11. The Labute approximate surface area is 130 Å². The van der Waals surface area contributed by atoms with E-state index in [-0.39, 0.29) is 15.1 Å². The van der Waals surface area contributed by atoms with E-state index in [1.165, 1.54) is 6.07 Å². The molecule has 0 bridgehead atoms. The van der Waals surface area contributed by atoms with Crippen LogP contribution in [0.25, 0.3) is 0 Å². The molecule has 0 amide bonds. The molecule has 0 saturated carbocycles. The van der Waals surface area contributed by atoms with Gasteiger partial charge in [0.25, 0.3) is 0 Å². The summed E-state index contributed by atoms with van der Waals surface area (Å²) in [4.78, 5) is -0.0871. The number of nitrogens with two attached hydrogens (primary N) is 1. The van der Waals surface area contributed by atoms with E-state index in [9.17, 15) is 12.8 Å². The molecule has 1 aromatic carbocycles. The quantitative estimate of drug-likeness (QED) is 0.784. The normalized spacial score (nSPS) is 17.3. The van der Waals surface area contributed by atoms with Crippen LogP contribution in [0.15, 0.2) is 21.5 Å². The summed E-state index contributed by atoms with van der Waals surface area (Å²) in [5.74, 6) is 1.91. The third kappa shape index (κ3) is 3.87. The van der Waals surface area contributed by atoms with E-state index in [4.69, 9.17) is 5.73 Å². The summed E-state index contributed by atoms with van der Waals surface area (Å²) in [5.41, 5.74) is 5.52. The van der Waals surface area contributed by atoms with E-state index >= 15 is 0 Å². The zero-order chi connectivity index (χ0) is 14.8. The Bertz CT molecular complexity index is 589. The number of nitrogen functional groups attached to an aromatic ring is 1. The van der Waals surface area contributed by atoms with Gasteiger partial charge in [-0.05, 0) is 58.3 Å². The molecule has 2 rings (SSSR count). The van der Waals surface area contributed by atoms with Crippen molar-refractivity contribution >= 4 is 43.4 Å². The summed E-state index contributed by atoms with van der Waals surface area (Å²) >= 11 is 4.86. The van der Waals surface area contributed by atoms with Crippen LogP contribution in [0.4, 0.5) is 10.1 Å². The highest BCUT2D eigenvalue weighted by atomic mass is 79.9. The summed E-state index contributed by atoms with van der Waals surface area (Å²) in [6.07, 6.45) is 2.02. The molecular formula is C12H16BrFN2O2S2. The van der Waals surface area contributed by atoms with Crippen LogP contribution in [0.5, 0.6) is 0 Å². The Morgan fingerprint density at radius 3 is 2.70 bits per heavy atom. The van der Waals surface area contributed by atoms with E-state index in [2.05, 4.69) is 20.7 Å². The molecule has 1 aliphatic heterocycles. The van der Waals surface area contributed by atoms with E-state index in [1.54, 1.807) is 0 Å². The minimum atomic E-state index is -3.71. The molecule has 0 radical (unpaired) electrons. The fourth-order valence-electron chi connectivity index (χ4n) is 2.03. The first-order chi connectivity index (χ1) is 9.40. The molecular weight excluding hydrogens is 367 g/mol. The highest BCUT2D eigenvalue weighted by Crippen LogP contribution is 2.27. The van der Waals surface area contributed by atoms with Crippen LogP contribution in [-0.2, 0) is 10.0 Å². The number of rotatable bonds is 4. The highest BCUT2D eigenvalue weighted by Gasteiger charge is 2.22. The number of thioether (sulfide) groups is 1. The van der Waals surface area contributed by atoms with Gasteiger partial charge in [-0.25, -0.2) is 17.5 Å². The lowest BCUT2D eigenvalue weighted by Gasteiger charge is -2.21. The monoisotopic (exact) mass is 382 g/mol. The van der Waals surface area contributed by atoms with Crippen LogP contribution < -0.4 is 10.5 Å². The molecule has 1 heterocycles. The van der Waals surface area contributed by atoms with Gasteiger partial charge in [0.1, 0.15) is 10.7 Å². The second-order valence-electron chi connectivity index (χ2n) is 4.71. The van der Waals surface area contributed by atoms with Gasteiger partial charge in [-0.3, -0.25) is 0 Å². The van der Waals surface area contributed by atoms with Crippen LogP contribution in [0.2, 0.25) is 0 Å². The number of anilines is 1. The Morgan fingerprint density at radius 2 is 2.05 bits per heavy atom. The topological polar surface area (TPSA) is 72.2 Å². The van der Waals surface area contributed by atoms with E-state index < -0.39 is 15.8 Å². The average Bonchev–Trinajstić information content (AvgIpc) is 2.42. The van der Waals surface area contributed by atoms with Gasteiger partial charge in [-0.1, -0.05) is 0 Å². The predicted octanol–water partition coefficient (Wildman–Crippen LogP) is 2.59. The lowest BCUT2D eigenvalue weighted by Crippen LogP contribution is -2.31. The molecule has 0 atom stereocenters. The van der Waals surface area contributed by atoms with Gasteiger partial charge in [-0.2, -0.15) is 11.8 Å². The molecule has 4 nitrogen and oxygen atoms in total. The Morgan fingerprint density at radius 1 is 1.40 bits per heavy atom. The van der Waals surface area contributed by atoms with Crippen LogP contribution in [0, 0.1) is 11.7 Å². The fraction of sp³-hybridized carbons (Fsp3) is 0.500. The number of nitrogens with one attached hydrogen (secondary N) is 1. The molecule has 20 heavy (non-hydrogen) atoms. The lowest BCUT2D eigenvalue weighted by molar-refractivity contribution is 0.476. The largest absolute Gasteiger partial charge is 0.398 e. The minimum Gasteiger partial charge on any atom is -0.398 e. The van der Waals surface area contributed by atoms with E-state index in [0.29, 0.717) is 12.5 Å². The van der Waals surface area contributed by atoms with E-state index in [1.807, 2.05) is 11.8 Å². The fourth-order valence-corrected chi connectivity index (χ4v) is 4.98. The zero-order valence-corrected chi connectivity index (χ0v) is 14.0. The molecule has 8 heteroatoms. The summed E-state index contributed by atoms with van der Waals surface area (Å²) in [7, 11) is -3.71. The smallest absolute Gasteiger partial charge is 0.242 e. The highest BCUT2D eigenvalue weighted by molar-refractivity contribution is 9.10. The second-order valence-corrected chi connectivity index (χ2v) is 8.53. The molecule has 0 aromatic heterocycles. The van der Waals surface area contributed by atoms with Gasteiger partial charge in [0.2, 0.25) is 10.0 Å². The van der Waals surface area contributed by atoms with Crippen molar-refractivity contribution in [3.8, 4) is 0 Å². The van der Waals surface area contributed by atoms with Gasteiger partial charge in [0.05, 0.1) is 10.2 Å². The van der Waals surface area contributed by atoms with Crippen molar-refractivity contribution in [1.29, 1.82) is 0 Å². The van der Waals surface area contributed by atoms with Crippen LogP contribution in [0.1, 0.15) is 12.8 Å². The first-order valence-corrected chi connectivity index (χ1v) is 9.65. The maximum atomic E-state index is 13.3. The molecule has 0 unspecified atom stereocenters. The number of hydrogen-bond donors (Lipinski definition) is 2. The zero-order valence-electron chi connectivity index (χ0n) is 10.7.